The Morgan fingerprint density at radius 2 is 2.00 bits per heavy atom. The molecule has 3 aromatic heterocycles. The Morgan fingerprint density at radius 3 is 2.85 bits per heavy atom. The van der Waals surface area contributed by atoms with Crippen LogP contribution in [0.5, 0.6) is 5.75 Å². The molecule has 0 aliphatic rings. The summed E-state index contributed by atoms with van der Waals surface area (Å²) in [6.45, 7) is 0.332. The Kier molecular flexibility index (Phi) is 6.12. The highest BCUT2D eigenvalue weighted by Gasteiger charge is 2.16. The van der Waals surface area contributed by atoms with Crippen molar-refractivity contribution in [3.63, 3.8) is 0 Å². The van der Waals surface area contributed by atoms with Gasteiger partial charge in [-0.15, -0.1) is 11.3 Å². The SMILES string of the molecule is COc1cccc(Cn2c(SCC(=O)Nc3nc4ccccc4s3)nc3ccsc3c2=O)c1. The van der Waals surface area contributed by atoms with Crippen molar-refractivity contribution in [3.05, 3.63) is 75.9 Å². The number of amides is 1. The zero-order valence-electron chi connectivity index (χ0n) is 17.5. The molecule has 2 aromatic carbocycles. The van der Waals surface area contributed by atoms with E-state index in [1.165, 1.54) is 34.4 Å². The highest BCUT2D eigenvalue weighted by Crippen LogP contribution is 2.26. The quantitative estimate of drug-likeness (QED) is 0.257. The number of rotatable bonds is 7. The molecule has 1 N–H and O–H groups in total. The number of nitrogens with one attached hydrogen (secondary N) is 1. The second kappa shape index (κ2) is 9.34. The van der Waals surface area contributed by atoms with Gasteiger partial charge in [0.25, 0.3) is 5.56 Å². The molecular weight excluding hydrogens is 476 g/mol. The summed E-state index contributed by atoms with van der Waals surface area (Å²) in [6.07, 6.45) is 0. The smallest absolute Gasteiger partial charge is 0.272 e. The molecular formula is C23H18N4O3S3. The first-order valence-electron chi connectivity index (χ1n) is 10.00. The van der Waals surface area contributed by atoms with E-state index in [1.54, 1.807) is 11.7 Å². The number of carbonyl (C=O) groups is 1. The number of thioether (sulfide) groups is 1. The topological polar surface area (TPSA) is 86.1 Å². The molecule has 0 aliphatic heterocycles. The number of benzene rings is 2. The van der Waals surface area contributed by atoms with Crippen LogP contribution in [0.3, 0.4) is 0 Å². The lowest BCUT2D eigenvalue weighted by molar-refractivity contribution is -0.113. The molecule has 10 heteroatoms. The molecule has 0 bridgehead atoms. The highest BCUT2D eigenvalue weighted by molar-refractivity contribution is 7.99. The predicted octanol–water partition coefficient (Wildman–Crippen LogP) is 4.86. The van der Waals surface area contributed by atoms with Crippen molar-refractivity contribution in [3.8, 4) is 5.75 Å². The lowest BCUT2D eigenvalue weighted by Crippen LogP contribution is -2.24. The van der Waals surface area contributed by atoms with Crippen molar-refractivity contribution in [2.24, 2.45) is 0 Å². The summed E-state index contributed by atoms with van der Waals surface area (Å²) in [5.74, 6) is 0.623. The molecule has 0 radical (unpaired) electrons. The van der Waals surface area contributed by atoms with E-state index in [0.29, 0.717) is 27.0 Å². The number of fused-ring (bicyclic) bond motifs is 2. The fourth-order valence-corrected chi connectivity index (χ4v) is 5.80. The van der Waals surface area contributed by atoms with Crippen LogP contribution in [0.1, 0.15) is 5.56 Å². The molecule has 0 unspecified atom stereocenters. The third-order valence-electron chi connectivity index (χ3n) is 4.88. The summed E-state index contributed by atoms with van der Waals surface area (Å²) < 4.78 is 8.53. The van der Waals surface area contributed by atoms with Crippen molar-refractivity contribution >= 4 is 65.9 Å². The Bertz CT molecular complexity index is 1490. The zero-order chi connectivity index (χ0) is 22.8. The summed E-state index contributed by atoms with van der Waals surface area (Å²) in [6, 6.07) is 17.1. The monoisotopic (exact) mass is 494 g/mol. The van der Waals surface area contributed by atoms with Gasteiger partial charge >= 0.3 is 0 Å². The van der Waals surface area contributed by atoms with Gasteiger partial charge in [0, 0.05) is 0 Å². The maximum atomic E-state index is 13.2. The minimum absolute atomic E-state index is 0.107. The van der Waals surface area contributed by atoms with Crippen LogP contribution in [0.15, 0.2) is 69.9 Å². The van der Waals surface area contributed by atoms with Crippen molar-refractivity contribution in [1.82, 2.24) is 14.5 Å². The molecule has 0 fully saturated rings. The van der Waals surface area contributed by atoms with Gasteiger partial charge in [0.2, 0.25) is 5.91 Å². The summed E-state index contributed by atoms with van der Waals surface area (Å²) >= 11 is 4.03. The average Bonchev–Trinajstić information content (AvgIpc) is 3.46. The highest BCUT2D eigenvalue weighted by atomic mass is 32.2. The molecule has 5 aromatic rings. The van der Waals surface area contributed by atoms with Crippen LogP contribution < -0.4 is 15.6 Å². The average molecular weight is 495 g/mol. The number of methoxy groups -OCH3 is 1. The summed E-state index contributed by atoms with van der Waals surface area (Å²) in [5.41, 5.74) is 2.28. The van der Waals surface area contributed by atoms with Crippen molar-refractivity contribution in [1.29, 1.82) is 0 Å². The lowest BCUT2D eigenvalue weighted by Gasteiger charge is -2.12. The first-order valence-corrected chi connectivity index (χ1v) is 12.7. The fourth-order valence-electron chi connectivity index (χ4n) is 3.34. The molecule has 1 amide bonds. The fraction of sp³-hybridized carbons (Fsp3) is 0.130. The van der Waals surface area contributed by atoms with E-state index in [-0.39, 0.29) is 17.2 Å². The van der Waals surface area contributed by atoms with Gasteiger partial charge in [0.15, 0.2) is 10.3 Å². The Labute approximate surface area is 201 Å². The number of nitrogens with zero attached hydrogens (tertiary/aromatic N) is 3. The first-order chi connectivity index (χ1) is 16.1. The molecule has 0 atom stereocenters. The van der Waals surface area contributed by atoms with Crippen LogP contribution in [0, 0.1) is 0 Å². The Balaban J connectivity index is 1.38. The number of thiophene rings is 1. The number of hydrogen-bond donors (Lipinski definition) is 1. The van der Waals surface area contributed by atoms with Gasteiger partial charge in [-0.2, -0.15) is 0 Å². The van der Waals surface area contributed by atoms with Crippen LogP contribution in [-0.2, 0) is 11.3 Å². The summed E-state index contributed by atoms with van der Waals surface area (Å²) in [7, 11) is 1.61. The molecule has 7 nitrogen and oxygen atoms in total. The van der Waals surface area contributed by atoms with Gasteiger partial charge in [-0.05, 0) is 41.3 Å². The summed E-state index contributed by atoms with van der Waals surface area (Å²) in [4.78, 5) is 34.9. The van der Waals surface area contributed by atoms with E-state index in [0.717, 1.165) is 21.5 Å². The van der Waals surface area contributed by atoms with Gasteiger partial charge in [-0.3, -0.25) is 14.2 Å². The maximum Gasteiger partial charge on any atom is 0.272 e. The van der Waals surface area contributed by atoms with Crippen molar-refractivity contribution in [2.75, 3.05) is 18.2 Å². The van der Waals surface area contributed by atoms with E-state index < -0.39 is 0 Å². The molecule has 166 valence electrons. The van der Waals surface area contributed by atoms with Crippen LogP contribution in [0.2, 0.25) is 0 Å². The lowest BCUT2D eigenvalue weighted by atomic mass is 10.2. The second-order valence-corrected chi connectivity index (χ2v) is 9.99. The zero-order valence-corrected chi connectivity index (χ0v) is 19.9. The first kappa shape index (κ1) is 21.6. The van der Waals surface area contributed by atoms with Crippen LogP contribution >= 0.6 is 34.4 Å². The van der Waals surface area contributed by atoms with E-state index >= 15 is 0 Å². The summed E-state index contributed by atoms with van der Waals surface area (Å²) in [5, 5.41) is 5.75. The van der Waals surface area contributed by atoms with E-state index in [4.69, 9.17) is 4.74 Å². The third kappa shape index (κ3) is 4.63. The molecule has 0 saturated heterocycles. The van der Waals surface area contributed by atoms with Gasteiger partial charge in [-0.1, -0.05) is 47.4 Å². The molecule has 3 heterocycles. The number of aromatic nitrogens is 3. The van der Waals surface area contributed by atoms with Gasteiger partial charge in [0.1, 0.15) is 10.4 Å². The Hall–Kier alpha value is -3.21. The van der Waals surface area contributed by atoms with Gasteiger partial charge in [-0.25, -0.2) is 9.97 Å². The Morgan fingerprint density at radius 1 is 1.12 bits per heavy atom. The van der Waals surface area contributed by atoms with Gasteiger partial charge in [0.05, 0.1) is 35.1 Å². The number of thiazole rings is 1. The number of anilines is 1. The van der Waals surface area contributed by atoms with Crippen LogP contribution in [0.25, 0.3) is 20.4 Å². The minimum Gasteiger partial charge on any atom is -0.497 e. The normalized spacial score (nSPS) is 11.2. The number of hydrogen-bond acceptors (Lipinski definition) is 8. The van der Waals surface area contributed by atoms with Crippen molar-refractivity contribution < 1.29 is 9.53 Å². The van der Waals surface area contributed by atoms with E-state index in [2.05, 4.69) is 15.3 Å². The second-order valence-electron chi connectivity index (χ2n) is 7.10. The minimum atomic E-state index is -0.202. The van der Waals surface area contributed by atoms with Crippen molar-refractivity contribution in [2.45, 2.75) is 11.7 Å². The predicted molar refractivity (Wildman–Crippen MR) is 135 cm³/mol. The molecule has 33 heavy (non-hydrogen) atoms. The molecule has 5 rings (SSSR count). The third-order valence-corrected chi connectivity index (χ3v) is 7.70. The van der Waals surface area contributed by atoms with Gasteiger partial charge < -0.3 is 10.1 Å². The maximum absolute atomic E-state index is 13.2. The number of ether oxygens (including phenoxy) is 1. The molecule has 0 saturated carbocycles. The van der Waals surface area contributed by atoms with Crippen LogP contribution in [0.4, 0.5) is 5.13 Å². The largest absolute Gasteiger partial charge is 0.497 e. The molecule has 0 aliphatic carbocycles. The van der Waals surface area contributed by atoms with Crippen LogP contribution in [-0.4, -0.2) is 33.3 Å². The van der Waals surface area contributed by atoms with E-state index in [9.17, 15) is 9.59 Å². The standard InChI is InChI=1S/C23H18N4O3S3/c1-30-15-6-4-5-14(11-15)12-27-21(29)20-17(9-10-31-20)25-23(27)32-13-19(28)26-22-24-16-7-2-3-8-18(16)33-22/h2-11H,12-13H2,1H3,(H,24,26,28). The van der Waals surface area contributed by atoms with E-state index in [1.807, 2.05) is 60.0 Å². The number of carbonyl (C=O) groups excluding carboxylic acids is 1. The molecule has 0 spiro atoms. The number of para-hydroxylation sites is 1.